The molecule has 0 bridgehead atoms. The third-order valence-corrected chi connectivity index (χ3v) is 6.64. The second-order valence-corrected chi connectivity index (χ2v) is 11.4. The Morgan fingerprint density at radius 2 is 1.72 bits per heavy atom. The normalized spacial score (nSPS) is 14.7. The van der Waals surface area contributed by atoms with Gasteiger partial charge in [-0.15, -0.1) is 0 Å². The highest BCUT2D eigenvalue weighted by molar-refractivity contribution is 7.25. The number of carboxylic acid groups (broad SMARTS) is 1. The SMILES string of the molecule is Cc1cc(CC(C(=O)O)C(O)(P=O)C(NC(=O)OCc2ccccc2)C(C)C)cnc1NC(=O)OC(C)(C)C. The number of aliphatic hydroxyl groups is 1. The van der Waals surface area contributed by atoms with Crippen LogP contribution in [0.1, 0.15) is 51.3 Å². The Kier molecular flexibility index (Phi) is 10.9. The molecule has 1 heterocycles. The quantitative estimate of drug-likeness (QED) is 0.279. The van der Waals surface area contributed by atoms with Gasteiger partial charge < -0.3 is 25.0 Å². The standard InChI is InChI=1S/C27H36N3O8P/c1-16(2)21(29-24(33)37-15-18-10-8-7-9-11-18)27(35,39-36)20(23(31)32)13-19-12-17(3)22(28-14-19)30-25(34)38-26(4,5)6/h7-12,14,16,20-21,35H,13,15H2,1-6H3,(H,29,33)(H,31,32)(H,28,30,34). The van der Waals surface area contributed by atoms with Gasteiger partial charge in [0.25, 0.3) is 0 Å². The van der Waals surface area contributed by atoms with Crippen LogP contribution in [-0.2, 0) is 31.9 Å². The number of carbonyl (C=O) groups is 3. The van der Waals surface area contributed by atoms with Crippen molar-refractivity contribution >= 4 is 32.4 Å². The van der Waals surface area contributed by atoms with Crippen molar-refractivity contribution in [3.05, 3.63) is 59.3 Å². The predicted molar refractivity (Wildman–Crippen MR) is 145 cm³/mol. The van der Waals surface area contributed by atoms with E-state index in [4.69, 9.17) is 9.47 Å². The van der Waals surface area contributed by atoms with Crippen LogP contribution in [0.3, 0.4) is 0 Å². The molecular weight excluding hydrogens is 525 g/mol. The van der Waals surface area contributed by atoms with E-state index in [0.717, 1.165) is 5.56 Å². The Hall–Kier alpha value is -3.56. The number of hydrogen-bond donors (Lipinski definition) is 4. The molecule has 4 N–H and O–H groups in total. The summed E-state index contributed by atoms with van der Waals surface area (Å²) in [6, 6.07) is 9.30. The Balaban J connectivity index is 2.23. The van der Waals surface area contributed by atoms with E-state index in [1.54, 1.807) is 71.9 Å². The maximum absolute atomic E-state index is 12.5. The van der Waals surface area contributed by atoms with Gasteiger partial charge in [0.05, 0.1) is 6.04 Å². The van der Waals surface area contributed by atoms with Crippen molar-refractivity contribution < 1.29 is 38.6 Å². The summed E-state index contributed by atoms with van der Waals surface area (Å²) in [5, 5.41) is 24.1. The molecule has 2 rings (SSSR count). The molecule has 0 aliphatic rings. The number of nitrogens with zero attached hydrogens (tertiary/aromatic N) is 1. The fraction of sp³-hybridized carbons (Fsp3) is 0.481. The van der Waals surface area contributed by atoms with E-state index in [1.807, 2.05) is 6.07 Å². The number of aryl methyl sites for hydroxylation is 1. The van der Waals surface area contributed by atoms with E-state index >= 15 is 0 Å². The van der Waals surface area contributed by atoms with Crippen LogP contribution in [-0.4, -0.2) is 50.3 Å². The van der Waals surface area contributed by atoms with Crippen molar-refractivity contribution in [3.8, 4) is 0 Å². The van der Waals surface area contributed by atoms with Gasteiger partial charge in [0.1, 0.15) is 23.9 Å². The van der Waals surface area contributed by atoms with Gasteiger partial charge in [0.2, 0.25) is 0 Å². The van der Waals surface area contributed by atoms with Gasteiger partial charge in [0, 0.05) is 6.20 Å². The number of ether oxygens (including phenoxy) is 2. The molecule has 2 aromatic rings. The Morgan fingerprint density at radius 3 is 2.23 bits per heavy atom. The molecule has 1 aromatic carbocycles. The number of carboxylic acids is 1. The lowest BCUT2D eigenvalue weighted by Crippen LogP contribution is -2.58. The Bertz CT molecular complexity index is 1170. The van der Waals surface area contributed by atoms with Crippen molar-refractivity contribution in [2.45, 2.75) is 71.6 Å². The number of anilines is 1. The maximum atomic E-state index is 12.5. The largest absolute Gasteiger partial charge is 0.481 e. The van der Waals surface area contributed by atoms with Crippen LogP contribution in [0.15, 0.2) is 42.6 Å². The summed E-state index contributed by atoms with van der Waals surface area (Å²) in [7, 11) is -0.889. The first-order valence-corrected chi connectivity index (χ1v) is 13.2. The molecule has 39 heavy (non-hydrogen) atoms. The topological polar surface area (TPSA) is 164 Å². The van der Waals surface area contributed by atoms with Gasteiger partial charge in [-0.2, -0.15) is 0 Å². The van der Waals surface area contributed by atoms with Gasteiger partial charge in [-0.25, -0.2) is 14.6 Å². The zero-order valence-electron chi connectivity index (χ0n) is 22.9. The number of hydrogen-bond acceptors (Lipinski definition) is 8. The molecular formula is C27H36N3O8P. The van der Waals surface area contributed by atoms with E-state index in [9.17, 15) is 29.2 Å². The first-order chi connectivity index (χ1) is 18.2. The Morgan fingerprint density at radius 1 is 1.08 bits per heavy atom. The van der Waals surface area contributed by atoms with Gasteiger partial charge >= 0.3 is 18.2 Å². The third kappa shape index (κ3) is 9.30. The smallest absolute Gasteiger partial charge is 0.413 e. The molecule has 212 valence electrons. The summed E-state index contributed by atoms with van der Waals surface area (Å²) < 4.78 is 22.8. The fourth-order valence-electron chi connectivity index (χ4n) is 3.92. The first-order valence-electron chi connectivity index (χ1n) is 12.4. The van der Waals surface area contributed by atoms with Gasteiger partial charge in [-0.05, 0) is 56.7 Å². The lowest BCUT2D eigenvalue weighted by Gasteiger charge is -2.37. The number of pyridine rings is 1. The lowest BCUT2D eigenvalue weighted by atomic mass is 9.84. The van der Waals surface area contributed by atoms with Crippen molar-refractivity contribution in [1.82, 2.24) is 10.3 Å². The van der Waals surface area contributed by atoms with Crippen molar-refractivity contribution in [2.24, 2.45) is 11.8 Å². The molecule has 0 aliphatic heterocycles. The molecule has 0 aliphatic carbocycles. The van der Waals surface area contributed by atoms with Crippen molar-refractivity contribution in [1.29, 1.82) is 0 Å². The summed E-state index contributed by atoms with van der Waals surface area (Å²) >= 11 is 0. The molecule has 12 heteroatoms. The molecule has 11 nitrogen and oxygen atoms in total. The van der Waals surface area contributed by atoms with Gasteiger partial charge in [-0.3, -0.25) is 14.7 Å². The van der Waals surface area contributed by atoms with E-state index in [-0.39, 0.29) is 18.8 Å². The van der Waals surface area contributed by atoms with Crippen LogP contribution in [0.5, 0.6) is 0 Å². The Labute approximate surface area is 229 Å². The number of carbonyl (C=O) groups excluding carboxylic acids is 2. The first kappa shape index (κ1) is 31.7. The van der Waals surface area contributed by atoms with Crippen LogP contribution in [0, 0.1) is 18.8 Å². The van der Waals surface area contributed by atoms with Crippen LogP contribution >= 0.6 is 8.46 Å². The fourth-order valence-corrected chi connectivity index (χ4v) is 4.73. The number of rotatable bonds is 11. The highest BCUT2D eigenvalue weighted by atomic mass is 31.1. The van der Waals surface area contributed by atoms with Crippen molar-refractivity contribution in [3.63, 3.8) is 0 Å². The zero-order chi connectivity index (χ0) is 29.4. The second kappa shape index (κ2) is 13.5. The summed E-state index contributed by atoms with van der Waals surface area (Å²) in [5.74, 6) is -3.30. The molecule has 0 saturated carbocycles. The van der Waals surface area contributed by atoms with Crippen LogP contribution in [0.2, 0.25) is 0 Å². The van der Waals surface area contributed by atoms with Crippen LogP contribution < -0.4 is 10.6 Å². The van der Waals surface area contributed by atoms with Gasteiger partial charge in [-0.1, -0.05) is 50.2 Å². The summed E-state index contributed by atoms with van der Waals surface area (Å²) in [5.41, 5.74) is 0.963. The monoisotopic (exact) mass is 561 g/mol. The third-order valence-electron chi connectivity index (χ3n) is 5.76. The molecule has 1 aromatic heterocycles. The van der Waals surface area contributed by atoms with Crippen molar-refractivity contribution in [2.75, 3.05) is 5.32 Å². The van der Waals surface area contributed by atoms with E-state index in [0.29, 0.717) is 11.1 Å². The van der Waals surface area contributed by atoms with E-state index in [1.165, 1.54) is 6.20 Å². The minimum absolute atomic E-state index is 0.0397. The average molecular weight is 562 g/mol. The maximum Gasteiger partial charge on any atom is 0.413 e. The molecule has 0 saturated heterocycles. The van der Waals surface area contributed by atoms with Gasteiger partial charge in [0.15, 0.2) is 13.8 Å². The van der Waals surface area contributed by atoms with E-state index < -0.39 is 55.4 Å². The van der Waals surface area contributed by atoms with Crippen LogP contribution in [0.4, 0.5) is 15.4 Å². The average Bonchev–Trinajstić information content (AvgIpc) is 2.84. The molecule has 2 amide bonds. The number of alkyl carbamates (subject to hydrolysis) is 1. The lowest BCUT2D eigenvalue weighted by molar-refractivity contribution is -0.149. The molecule has 3 atom stereocenters. The van der Waals surface area contributed by atoms with E-state index in [2.05, 4.69) is 15.6 Å². The number of aromatic nitrogens is 1. The summed E-state index contributed by atoms with van der Waals surface area (Å²) in [6.07, 6.45) is -0.493. The highest BCUT2D eigenvalue weighted by Crippen LogP contribution is 2.38. The second-order valence-electron chi connectivity index (χ2n) is 10.5. The minimum Gasteiger partial charge on any atom is -0.481 e. The molecule has 0 radical (unpaired) electrons. The number of aliphatic carboxylic acids is 1. The molecule has 3 unspecified atom stereocenters. The minimum atomic E-state index is -2.38. The predicted octanol–water partition coefficient (Wildman–Crippen LogP) is 4.91. The molecule has 0 fully saturated rings. The van der Waals surface area contributed by atoms with Crippen LogP contribution in [0.25, 0.3) is 0 Å². The number of benzene rings is 1. The number of amides is 2. The summed E-state index contributed by atoms with van der Waals surface area (Å²) in [4.78, 5) is 41.2. The summed E-state index contributed by atoms with van der Waals surface area (Å²) in [6.45, 7) is 10.1. The zero-order valence-corrected chi connectivity index (χ0v) is 23.8. The molecule has 0 spiro atoms. The number of nitrogens with one attached hydrogen (secondary N) is 2. The highest BCUT2D eigenvalue weighted by Gasteiger charge is 2.51.